The first-order chi connectivity index (χ1) is 8.43. The molecule has 0 atom stereocenters. The van der Waals surface area contributed by atoms with E-state index >= 15 is 0 Å². The van der Waals surface area contributed by atoms with Crippen molar-refractivity contribution in [3.8, 4) is 0 Å². The van der Waals surface area contributed by atoms with Crippen molar-refractivity contribution in [2.75, 3.05) is 38.0 Å². The van der Waals surface area contributed by atoms with Gasteiger partial charge in [0.2, 0.25) is 0 Å². The second-order valence-electron chi connectivity index (χ2n) is 5.34. The Morgan fingerprint density at radius 3 is 1.33 bits per heavy atom. The van der Waals surface area contributed by atoms with E-state index in [1.165, 1.54) is 33.3 Å². The number of aryl methyl sites for hydroxylation is 2. The number of rotatable bonds is 2. The van der Waals surface area contributed by atoms with Gasteiger partial charge < -0.3 is 9.80 Å². The molecule has 0 unspecified atom stereocenters. The molecule has 0 fully saturated rings. The minimum Gasteiger partial charge on any atom is -0.377 e. The Labute approximate surface area is 110 Å². The number of benzene rings is 2. The fraction of sp³-hybridized carbons (Fsp3) is 0.375. The van der Waals surface area contributed by atoms with Crippen molar-refractivity contribution in [2.24, 2.45) is 0 Å². The Kier molecular flexibility index (Phi) is 3.20. The fourth-order valence-corrected chi connectivity index (χ4v) is 2.58. The molecule has 18 heavy (non-hydrogen) atoms. The zero-order valence-electron chi connectivity index (χ0n) is 12.2. The average molecular weight is 242 g/mol. The lowest BCUT2D eigenvalue weighted by Crippen LogP contribution is -2.13. The van der Waals surface area contributed by atoms with E-state index in [9.17, 15) is 0 Å². The van der Waals surface area contributed by atoms with Crippen LogP contribution in [0.15, 0.2) is 24.3 Å². The maximum atomic E-state index is 2.21. The van der Waals surface area contributed by atoms with E-state index in [4.69, 9.17) is 0 Å². The molecule has 0 aliphatic rings. The van der Waals surface area contributed by atoms with Crippen LogP contribution in [-0.4, -0.2) is 28.2 Å². The highest BCUT2D eigenvalue weighted by atomic mass is 15.1. The van der Waals surface area contributed by atoms with Crippen molar-refractivity contribution in [2.45, 2.75) is 13.8 Å². The van der Waals surface area contributed by atoms with Crippen molar-refractivity contribution in [1.82, 2.24) is 0 Å². The van der Waals surface area contributed by atoms with Gasteiger partial charge in [0.1, 0.15) is 0 Å². The summed E-state index contributed by atoms with van der Waals surface area (Å²) in [6.45, 7) is 4.38. The normalized spacial score (nSPS) is 10.8. The molecule has 2 nitrogen and oxygen atoms in total. The lowest BCUT2D eigenvalue weighted by Gasteiger charge is -2.23. The standard InChI is InChI=1S/C16H22N2/c1-11-7-9-13(17(3)4)16-14(18(5)6)10-8-12(2)15(11)16/h7-10H,1-6H3. The topological polar surface area (TPSA) is 6.48 Å². The monoisotopic (exact) mass is 242 g/mol. The van der Waals surface area contributed by atoms with Gasteiger partial charge in [-0.05, 0) is 42.5 Å². The van der Waals surface area contributed by atoms with Crippen LogP contribution in [0.5, 0.6) is 0 Å². The lowest BCUT2D eigenvalue weighted by molar-refractivity contribution is 1.12. The van der Waals surface area contributed by atoms with Gasteiger partial charge in [0, 0.05) is 45.0 Å². The van der Waals surface area contributed by atoms with Crippen LogP contribution < -0.4 is 9.80 Å². The van der Waals surface area contributed by atoms with Crippen molar-refractivity contribution < 1.29 is 0 Å². The van der Waals surface area contributed by atoms with E-state index in [-0.39, 0.29) is 0 Å². The molecular formula is C16H22N2. The maximum absolute atomic E-state index is 2.21. The zero-order chi connectivity index (χ0) is 13.4. The lowest BCUT2D eigenvalue weighted by atomic mass is 9.97. The van der Waals surface area contributed by atoms with Crippen molar-refractivity contribution in [3.63, 3.8) is 0 Å². The number of hydrogen-bond acceptors (Lipinski definition) is 2. The molecule has 0 amide bonds. The van der Waals surface area contributed by atoms with E-state index in [1.807, 2.05) is 0 Å². The zero-order valence-corrected chi connectivity index (χ0v) is 12.2. The molecule has 0 radical (unpaired) electrons. The van der Waals surface area contributed by atoms with E-state index in [2.05, 4.69) is 76.1 Å². The summed E-state index contributed by atoms with van der Waals surface area (Å²) < 4.78 is 0. The molecule has 2 aromatic rings. The van der Waals surface area contributed by atoms with Crippen molar-refractivity contribution in [1.29, 1.82) is 0 Å². The Morgan fingerprint density at radius 2 is 1.00 bits per heavy atom. The van der Waals surface area contributed by atoms with E-state index in [1.54, 1.807) is 0 Å². The third kappa shape index (κ3) is 1.92. The summed E-state index contributed by atoms with van der Waals surface area (Å²) in [5.74, 6) is 0. The molecule has 2 heteroatoms. The Balaban J connectivity index is 2.97. The van der Waals surface area contributed by atoms with Crippen LogP contribution in [0.2, 0.25) is 0 Å². The van der Waals surface area contributed by atoms with Crippen LogP contribution in [0.3, 0.4) is 0 Å². The van der Waals surface area contributed by atoms with Gasteiger partial charge in [-0.2, -0.15) is 0 Å². The minimum absolute atomic E-state index is 1.28. The first-order valence-electron chi connectivity index (χ1n) is 6.31. The summed E-state index contributed by atoms with van der Waals surface area (Å²) in [5.41, 5.74) is 5.25. The molecule has 0 aromatic heterocycles. The summed E-state index contributed by atoms with van der Waals surface area (Å²) in [7, 11) is 8.41. The van der Waals surface area contributed by atoms with Crippen LogP contribution >= 0.6 is 0 Å². The summed E-state index contributed by atoms with van der Waals surface area (Å²) >= 11 is 0. The summed E-state index contributed by atoms with van der Waals surface area (Å²) in [6, 6.07) is 8.85. The molecule has 0 aliphatic carbocycles. The van der Waals surface area contributed by atoms with Crippen LogP contribution in [-0.2, 0) is 0 Å². The third-order valence-electron chi connectivity index (χ3n) is 3.50. The van der Waals surface area contributed by atoms with Gasteiger partial charge in [0.05, 0.1) is 0 Å². The van der Waals surface area contributed by atoms with Gasteiger partial charge in [-0.1, -0.05) is 12.1 Å². The number of fused-ring (bicyclic) bond motifs is 1. The summed E-state index contributed by atoms with van der Waals surface area (Å²) in [5, 5.41) is 2.73. The first-order valence-corrected chi connectivity index (χ1v) is 6.31. The van der Waals surface area contributed by atoms with E-state index < -0.39 is 0 Å². The van der Waals surface area contributed by atoms with Crippen molar-refractivity contribution in [3.05, 3.63) is 35.4 Å². The highest BCUT2D eigenvalue weighted by Crippen LogP contribution is 2.37. The predicted molar refractivity (Wildman–Crippen MR) is 82.1 cm³/mol. The Morgan fingerprint density at radius 1 is 0.611 bits per heavy atom. The molecular weight excluding hydrogens is 220 g/mol. The van der Waals surface area contributed by atoms with Gasteiger partial charge in [0.25, 0.3) is 0 Å². The molecule has 0 bridgehead atoms. The number of anilines is 2. The highest BCUT2D eigenvalue weighted by Gasteiger charge is 2.13. The van der Waals surface area contributed by atoms with Crippen LogP contribution in [0.25, 0.3) is 10.8 Å². The molecule has 0 heterocycles. The average Bonchev–Trinajstić information content (AvgIpc) is 2.28. The van der Waals surface area contributed by atoms with Gasteiger partial charge in [-0.15, -0.1) is 0 Å². The molecule has 0 saturated carbocycles. The highest BCUT2D eigenvalue weighted by molar-refractivity contribution is 6.06. The maximum Gasteiger partial charge on any atom is 0.0462 e. The van der Waals surface area contributed by atoms with Gasteiger partial charge in [0.15, 0.2) is 0 Å². The molecule has 2 rings (SSSR count). The van der Waals surface area contributed by atoms with Crippen LogP contribution in [0.4, 0.5) is 11.4 Å². The Hall–Kier alpha value is -1.70. The fourth-order valence-electron chi connectivity index (χ4n) is 2.58. The molecule has 2 aromatic carbocycles. The molecule has 0 saturated heterocycles. The molecule has 0 spiro atoms. The van der Waals surface area contributed by atoms with Crippen LogP contribution in [0.1, 0.15) is 11.1 Å². The summed E-state index contributed by atoms with van der Waals surface area (Å²) in [6.07, 6.45) is 0. The van der Waals surface area contributed by atoms with Crippen molar-refractivity contribution >= 4 is 22.1 Å². The van der Waals surface area contributed by atoms with Crippen LogP contribution in [0, 0.1) is 13.8 Å². The summed E-state index contributed by atoms with van der Waals surface area (Å²) in [4.78, 5) is 4.38. The molecule has 0 N–H and O–H groups in total. The minimum atomic E-state index is 1.28. The quantitative estimate of drug-likeness (QED) is 0.794. The molecule has 0 aliphatic heterocycles. The van der Waals surface area contributed by atoms with Gasteiger partial charge >= 0.3 is 0 Å². The van der Waals surface area contributed by atoms with Gasteiger partial charge in [-0.25, -0.2) is 0 Å². The SMILES string of the molecule is Cc1ccc(N(C)C)c2c(N(C)C)ccc(C)c12. The third-order valence-corrected chi connectivity index (χ3v) is 3.50. The largest absolute Gasteiger partial charge is 0.377 e. The predicted octanol–water partition coefficient (Wildman–Crippen LogP) is 3.59. The van der Waals surface area contributed by atoms with E-state index in [0.717, 1.165) is 0 Å². The smallest absolute Gasteiger partial charge is 0.0462 e. The van der Waals surface area contributed by atoms with Gasteiger partial charge in [-0.3, -0.25) is 0 Å². The second-order valence-corrected chi connectivity index (χ2v) is 5.34. The molecule has 96 valence electrons. The number of hydrogen-bond donors (Lipinski definition) is 0. The second kappa shape index (κ2) is 4.52. The van der Waals surface area contributed by atoms with E-state index in [0.29, 0.717) is 0 Å². The Bertz CT molecular complexity index is 534. The first kappa shape index (κ1) is 12.7. The number of nitrogens with zero attached hydrogens (tertiary/aromatic N) is 2.